The van der Waals surface area contributed by atoms with Gasteiger partial charge < -0.3 is 0 Å². The van der Waals surface area contributed by atoms with Gasteiger partial charge in [0.1, 0.15) is 5.60 Å². The van der Waals surface area contributed by atoms with E-state index in [2.05, 4.69) is 25.7 Å². The maximum absolute atomic E-state index is 5.28. The zero-order chi connectivity index (χ0) is 18.6. The van der Waals surface area contributed by atoms with Gasteiger partial charge in [-0.25, -0.2) is 9.78 Å². The molecule has 0 heterocycles. The van der Waals surface area contributed by atoms with Gasteiger partial charge in [0.25, 0.3) is 0 Å². The van der Waals surface area contributed by atoms with Crippen molar-refractivity contribution in [3.05, 3.63) is 24.8 Å². The van der Waals surface area contributed by atoms with E-state index in [9.17, 15) is 0 Å². The van der Waals surface area contributed by atoms with E-state index in [1.54, 1.807) is 6.08 Å². The molecule has 0 radical (unpaired) electrons. The first-order chi connectivity index (χ1) is 12.1. The van der Waals surface area contributed by atoms with E-state index >= 15 is 0 Å². The molecule has 0 aromatic rings. The molecular formula is C23H44O2. The Balaban J connectivity index is 3.16. The standard InChI is InChI=1S/C23H44O2/c1-5-7-8-9-10-11-12-13-14-15-16-17-18-19-20-21-22-24-25-23(3,4)6-2/h6,13-14H,2,5,7-12,15-22H2,1,3-4H3/b14-13-. The van der Waals surface area contributed by atoms with Crippen LogP contribution in [0.5, 0.6) is 0 Å². The highest BCUT2D eigenvalue weighted by atomic mass is 17.2. The van der Waals surface area contributed by atoms with Crippen LogP contribution in [0.4, 0.5) is 0 Å². The largest absolute Gasteiger partial charge is 0.236 e. The van der Waals surface area contributed by atoms with Crippen molar-refractivity contribution in [1.29, 1.82) is 0 Å². The van der Waals surface area contributed by atoms with Crippen LogP contribution >= 0.6 is 0 Å². The van der Waals surface area contributed by atoms with Crippen LogP contribution in [0.15, 0.2) is 24.8 Å². The fraction of sp³-hybridized carbons (Fsp3) is 0.826. The molecule has 148 valence electrons. The van der Waals surface area contributed by atoms with Crippen LogP contribution in [0.3, 0.4) is 0 Å². The quantitative estimate of drug-likeness (QED) is 0.102. The molecule has 0 saturated heterocycles. The molecule has 0 aliphatic heterocycles. The molecule has 2 nitrogen and oxygen atoms in total. The van der Waals surface area contributed by atoms with E-state index < -0.39 is 0 Å². The topological polar surface area (TPSA) is 18.5 Å². The summed E-state index contributed by atoms with van der Waals surface area (Å²) in [5.74, 6) is 0. The summed E-state index contributed by atoms with van der Waals surface area (Å²) < 4.78 is 0. The van der Waals surface area contributed by atoms with E-state index in [0.717, 1.165) is 6.42 Å². The summed E-state index contributed by atoms with van der Waals surface area (Å²) in [5, 5.41) is 0. The molecule has 0 aromatic heterocycles. The van der Waals surface area contributed by atoms with Crippen molar-refractivity contribution in [3.63, 3.8) is 0 Å². The summed E-state index contributed by atoms with van der Waals surface area (Å²) in [6.07, 6.45) is 25.1. The molecule has 0 aromatic carbocycles. The molecule has 2 heteroatoms. The number of hydrogen-bond acceptors (Lipinski definition) is 2. The Morgan fingerprint density at radius 2 is 1.20 bits per heavy atom. The number of allylic oxidation sites excluding steroid dienone is 2. The third kappa shape index (κ3) is 19.6. The molecule has 0 atom stereocenters. The minimum Gasteiger partial charge on any atom is -0.236 e. The maximum Gasteiger partial charge on any atom is 0.116 e. The SMILES string of the molecule is C=CC(C)(C)OOCCCCCCCC/C=C\CCCCCCCC. The Bertz CT molecular complexity index is 307. The van der Waals surface area contributed by atoms with Gasteiger partial charge in [0.2, 0.25) is 0 Å². The number of unbranched alkanes of at least 4 members (excludes halogenated alkanes) is 12. The van der Waals surface area contributed by atoms with Crippen LogP contribution in [0.25, 0.3) is 0 Å². The molecule has 0 bridgehead atoms. The zero-order valence-electron chi connectivity index (χ0n) is 17.4. The molecule has 0 aliphatic rings. The molecule has 0 rings (SSSR count). The minimum absolute atomic E-state index is 0.386. The Labute approximate surface area is 158 Å². The molecular weight excluding hydrogens is 308 g/mol. The van der Waals surface area contributed by atoms with Crippen molar-refractivity contribution in [1.82, 2.24) is 0 Å². The van der Waals surface area contributed by atoms with Gasteiger partial charge in [-0.3, -0.25) is 0 Å². The van der Waals surface area contributed by atoms with Gasteiger partial charge in [0.05, 0.1) is 6.61 Å². The summed E-state index contributed by atoms with van der Waals surface area (Å²) in [6, 6.07) is 0. The Kier molecular flexibility index (Phi) is 17.8. The van der Waals surface area contributed by atoms with Crippen LogP contribution in [-0.4, -0.2) is 12.2 Å². The molecule has 0 aliphatic carbocycles. The second kappa shape index (κ2) is 18.2. The third-order valence-corrected chi connectivity index (χ3v) is 4.50. The fourth-order valence-electron chi connectivity index (χ4n) is 2.64. The smallest absolute Gasteiger partial charge is 0.116 e. The van der Waals surface area contributed by atoms with Crippen LogP contribution in [0.2, 0.25) is 0 Å². The van der Waals surface area contributed by atoms with Gasteiger partial charge in [-0.1, -0.05) is 82.9 Å². The Morgan fingerprint density at radius 1 is 0.720 bits per heavy atom. The van der Waals surface area contributed by atoms with Crippen molar-refractivity contribution in [2.45, 2.75) is 116 Å². The first kappa shape index (κ1) is 24.4. The fourth-order valence-corrected chi connectivity index (χ4v) is 2.64. The monoisotopic (exact) mass is 352 g/mol. The molecule has 0 fully saturated rings. The van der Waals surface area contributed by atoms with Gasteiger partial charge >= 0.3 is 0 Å². The summed E-state index contributed by atoms with van der Waals surface area (Å²) in [7, 11) is 0. The third-order valence-electron chi connectivity index (χ3n) is 4.50. The molecule has 0 amide bonds. The minimum atomic E-state index is -0.386. The molecule has 0 N–H and O–H groups in total. The van der Waals surface area contributed by atoms with Crippen LogP contribution in [0.1, 0.15) is 111 Å². The van der Waals surface area contributed by atoms with Crippen LogP contribution < -0.4 is 0 Å². The summed E-state index contributed by atoms with van der Waals surface area (Å²) in [6.45, 7) is 10.6. The summed E-state index contributed by atoms with van der Waals surface area (Å²) in [4.78, 5) is 10.5. The Hall–Kier alpha value is -0.600. The zero-order valence-corrected chi connectivity index (χ0v) is 17.4. The maximum atomic E-state index is 5.28. The molecule has 0 saturated carbocycles. The Morgan fingerprint density at radius 3 is 1.72 bits per heavy atom. The lowest BCUT2D eigenvalue weighted by Crippen LogP contribution is -2.21. The van der Waals surface area contributed by atoms with E-state index in [-0.39, 0.29) is 5.60 Å². The van der Waals surface area contributed by atoms with Crippen LogP contribution in [-0.2, 0) is 9.78 Å². The normalized spacial score (nSPS) is 12.1. The van der Waals surface area contributed by atoms with Gasteiger partial charge in [0.15, 0.2) is 0 Å². The van der Waals surface area contributed by atoms with E-state index in [1.807, 2.05) is 13.8 Å². The van der Waals surface area contributed by atoms with Crippen molar-refractivity contribution in [3.8, 4) is 0 Å². The number of hydrogen-bond donors (Lipinski definition) is 0. The second-order valence-corrected chi connectivity index (χ2v) is 7.65. The molecule has 0 unspecified atom stereocenters. The average molecular weight is 353 g/mol. The molecule has 25 heavy (non-hydrogen) atoms. The number of rotatable bonds is 19. The lowest BCUT2D eigenvalue weighted by atomic mass is 10.1. The lowest BCUT2D eigenvalue weighted by molar-refractivity contribution is -0.340. The van der Waals surface area contributed by atoms with E-state index in [4.69, 9.17) is 9.78 Å². The van der Waals surface area contributed by atoms with Crippen molar-refractivity contribution in [2.75, 3.05) is 6.61 Å². The average Bonchev–Trinajstić information content (AvgIpc) is 2.60. The van der Waals surface area contributed by atoms with Crippen molar-refractivity contribution in [2.24, 2.45) is 0 Å². The van der Waals surface area contributed by atoms with Crippen LogP contribution in [0, 0.1) is 0 Å². The summed E-state index contributed by atoms with van der Waals surface area (Å²) in [5.41, 5.74) is -0.386. The summed E-state index contributed by atoms with van der Waals surface area (Å²) >= 11 is 0. The van der Waals surface area contributed by atoms with Crippen molar-refractivity contribution < 1.29 is 9.78 Å². The van der Waals surface area contributed by atoms with Gasteiger partial charge in [0, 0.05) is 0 Å². The second-order valence-electron chi connectivity index (χ2n) is 7.65. The van der Waals surface area contributed by atoms with Gasteiger partial charge in [-0.05, 0) is 46.0 Å². The van der Waals surface area contributed by atoms with Gasteiger partial charge in [-0.2, -0.15) is 0 Å². The van der Waals surface area contributed by atoms with Crippen molar-refractivity contribution >= 4 is 0 Å². The van der Waals surface area contributed by atoms with E-state index in [0.29, 0.717) is 6.61 Å². The predicted molar refractivity (Wildman–Crippen MR) is 111 cm³/mol. The van der Waals surface area contributed by atoms with E-state index in [1.165, 1.54) is 83.5 Å². The molecule has 0 spiro atoms. The first-order valence-electron chi connectivity index (χ1n) is 10.7. The first-order valence-corrected chi connectivity index (χ1v) is 10.7. The highest BCUT2D eigenvalue weighted by Crippen LogP contribution is 2.12. The highest BCUT2D eigenvalue weighted by Gasteiger charge is 2.13. The lowest BCUT2D eigenvalue weighted by Gasteiger charge is -2.18. The predicted octanol–water partition coefficient (Wildman–Crippen LogP) is 7.94. The van der Waals surface area contributed by atoms with Gasteiger partial charge in [-0.15, -0.1) is 6.58 Å². The highest BCUT2D eigenvalue weighted by molar-refractivity contribution is 4.88.